The zero-order valence-electron chi connectivity index (χ0n) is 19.2. The van der Waals surface area contributed by atoms with E-state index in [4.69, 9.17) is 4.74 Å². The third-order valence-electron chi connectivity index (χ3n) is 7.76. The van der Waals surface area contributed by atoms with Gasteiger partial charge in [-0.3, -0.25) is 4.79 Å². The van der Waals surface area contributed by atoms with Crippen LogP contribution in [-0.2, 0) is 4.74 Å². The number of carbonyl (C=O) groups excluding carboxylic acids is 1. The zero-order chi connectivity index (χ0) is 23.9. The maximum atomic E-state index is 13.9. The zero-order valence-corrected chi connectivity index (χ0v) is 20.8. The van der Waals surface area contributed by atoms with Crippen molar-refractivity contribution in [3.63, 3.8) is 0 Å². The van der Waals surface area contributed by atoms with E-state index in [1.54, 1.807) is 0 Å². The Morgan fingerprint density at radius 1 is 0.971 bits per heavy atom. The molecule has 0 radical (unpaired) electrons. The fourth-order valence-electron chi connectivity index (χ4n) is 5.94. The molecule has 0 unspecified atom stereocenters. The number of amides is 1. The molecule has 3 saturated carbocycles. The summed E-state index contributed by atoms with van der Waals surface area (Å²) < 4.78 is 6.27. The Morgan fingerprint density at radius 3 is 2.41 bits per heavy atom. The van der Waals surface area contributed by atoms with Crippen LogP contribution in [0.15, 0.2) is 59.1 Å². The molecule has 2 N–H and O–H groups in total. The van der Waals surface area contributed by atoms with Crippen LogP contribution in [-0.4, -0.2) is 28.3 Å². The quantitative estimate of drug-likeness (QED) is 0.354. The van der Waals surface area contributed by atoms with Crippen molar-refractivity contribution in [2.45, 2.75) is 63.0 Å². The normalized spacial score (nSPS) is 23.9. The maximum absolute atomic E-state index is 13.9. The molecule has 3 aromatic rings. The van der Waals surface area contributed by atoms with E-state index in [2.05, 4.69) is 39.4 Å². The minimum absolute atomic E-state index is 0.0630. The molecule has 3 aliphatic rings. The highest BCUT2D eigenvalue weighted by Gasteiger charge is 2.48. The van der Waals surface area contributed by atoms with Crippen LogP contribution in [0.4, 0.5) is 4.79 Å². The average molecular weight is 522 g/mol. The van der Waals surface area contributed by atoms with E-state index in [0.29, 0.717) is 18.4 Å². The first kappa shape index (κ1) is 22.9. The van der Waals surface area contributed by atoms with Gasteiger partial charge >= 0.3 is 6.16 Å². The van der Waals surface area contributed by atoms with E-state index >= 15 is 0 Å². The van der Waals surface area contributed by atoms with Gasteiger partial charge in [0.05, 0.1) is 5.56 Å². The number of rotatable bonds is 4. The van der Waals surface area contributed by atoms with Crippen LogP contribution in [0.25, 0.3) is 21.9 Å². The molecule has 0 atom stereocenters. The van der Waals surface area contributed by atoms with Gasteiger partial charge in [0.25, 0.3) is 5.91 Å². The van der Waals surface area contributed by atoms with Crippen molar-refractivity contribution >= 4 is 38.8 Å². The van der Waals surface area contributed by atoms with E-state index in [-0.39, 0.29) is 11.4 Å². The smallest absolute Gasteiger partial charge is 0.450 e. The summed E-state index contributed by atoms with van der Waals surface area (Å²) in [5, 5.41) is 14.6. The lowest BCUT2D eigenvalue weighted by Crippen LogP contribution is -2.52. The number of nitrogens with one attached hydrogen (secondary N) is 1. The number of ether oxygens (including phenoxy) is 1. The van der Waals surface area contributed by atoms with Crippen LogP contribution in [0.2, 0.25) is 0 Å². The number of hydrogen-bond donors (Lipinski definition) is 2. The second kappa shape index (κ2) is 8.73. The number of fused-ring (bicyclic) bond motifs is 5. The lowest BCUT2D eigenvalue weighted by molar-refractivity contribution is -0.0493. The van der Waals surface area contributed by atoms with Crippen LogP contribution >= 0.6 is 15.9 Å². The average Bonchev–Trinajstić information content (AvgIpc) is 3.08. The highest BCUT2D eigenvalue weighted by molar-refractivity contribution is 9.10. The van der Waals surface area contributed by atoms with Gasteiger partial charge in [-0.25, -0.2) is 4.79 Å². The number of carboxylic acid groups (broad SMARTS) is 1. The fraction of sp³-hybridized carbons (Fsp3) is 0.357. The van der Waals surface area contributed by atoms with E-state index in [1.807, 2.05) is 43.3 Å². The highest BCUT2D eigenvalue weighted by atomic mass is 79.9. The number of carbonyl (C=O) groups is 2. The largest absolute Gasteiger partial charge is 0.506 e. The standard InChI is InChI=1S/C28H28BrNO4/c1-18-22(19-6-3-2-4-7-19)16-20-8-9-21(29)17-23(20)24(18)25(31)30-27-10-5-11-28(14-12-27,15-13-27)34-26(32)33/h2-4,6-9,16-17H,5,10-15H2,1H3,(H,30,31)(H,32,33). The van der Waals surface area contributed by atoms with Gasteiger partial charge in [0.2, 0.25) is 0 Å². The predicted octanol–water partition coefficient (Wildman–Crippen LogP) is 7.24. The van der Waals surface area contributed by atoms with Crippen molar-refractivity contribution in [3.8, 4) is 11.1 Å². The van der Waals surface area contributed by atoms with E-state index in [0.717, 1.165) is 64.0 Å². The fourth-order valence-corrected chi connectivity index (χ4v) is 6.30. The van der Waals surface area contributed by atoms with E-state index in [9.17, 15) is 14.7 Å². The van der Waals surface area contributed by atoms with E-state index in [1.165, 1.54) is 0 Å². The van der Waals surface area contributed by atoms with Crippen LogP contribution in [0.5, 0.6) is 0 Å². The van der Waals surface area contributed by atoms with Gasteiger partial charge in [-0.05, 0) is 97.5 Å². The Balaban J connectivity index is 1.53. The second-order valence-corrected chi connectivity index (χ2v) is 10.7. The molecule has 3 aromatic carbocycles. The van der Waals surface area contributed by atoms with Crippen molar-refractivity contribution in [2.24, 2.45) is 0 Å². The first-order valence-electron chi connectivity index (χ1n) is 11.8. The lowest BCUT2D eigenvalue weighted by atomic mass is 9.75. The van der Waals surface area contributed by atoms with Crippen LogP contribution < -0.4 is 5.32 Å². The minimum atomic E-state index is -1.20. The number of hydrogen-bond acceptors (Lipinski definition) is 3. The molecule has 0 saturated heterocycles. The van der Waals surface area contributed by atoms with Gasteiger partial charge in [0.1, 0.15) is 5.60 Å². The first-order chi connectivity index (χ1) is 16.3. The first-order valence-corrected chi connectivity index (χ1v) is 12.6. The van der Waals surface area contributed by atoms with Gasteiger partial charge in [-0.15, -0.1) is 0 Å². The molecule has 1 amide bonds. The molecular weight excluding hydrogens is 494 g/mol. The molecule has 34 heavy (non-hydrogen) atoms. The van der Waals surface area contributed by atoms with Crippen LogP contribution in [0, 0.1) is 6.92 Å². The Hall–Kier alpha value is -2.86. The molecule has 176 valence electrons. The maximum Gasteiger partial charge on any atom is 0.506 e. The molecule has 3 aliphatic carbocycles. The van der Waals surface area contributed by atoms with Crippen molar-refractivity contribution in [1.29, 1.82) is 0 Å². The molecule has 6 heteroatoms. The molecule has 0 heterocycles. The Kier molecular flexibility index (Phi) is 5.88. The van der Waals surface area contributed by atoms with Crippen LogP contribution in [0.1, 0.15) is 60.9 Å². The Morgan fingerprint density at radius 2 is 1.71 bits per heavy atom. The summed E-state index contributed by atoms with van der Waals surface area (Å²) in [4.78, 5) is 25.2. The summed E-state index contributed by atoms with van der Waals surface area (Å²) in [5.74, 6) is -0.0630. The second-order valence-electron chi connectivity index (χ2n) is 9.79. The Labute approximate surface area is 207 Å². The molecule has 5 nitrogen and oxygen atoms in total. The lowest BCUT2D eigenvalue weighted by Gasteiger charge is -2.42. The third-order valence-corrected chi connectivity index (χ3v) is 8.26. The summed E-state index contributed by atoms with van der Waals surface area (Å²) in [6.07, 6.45) is 3.93. The molecule has 0 spiro atoms. The van der Waals surface area contributed by atoms with E-state index < -0.39 is 11.8 Å². The summed E-state index contributed by atoms with van der Waals surface area (Å²) in [6, 6.07) is 18.4. The summed E-state index contributed by atoms with van der Waals surface area (Å²) in [5.41, 5.74) is 2.87. The van der Waals surface area contributed by atoms with Gasteiger partial charge in [0.15, 0.2) is 0 Å². The summed E-state index contributed by atoms with van der Waals surface area (Å²) >= 11 is 3.58. The molecular formula is C28H28BrNO4. The highest BCUT2D eigenvalue weighted by Crippen LogP contribution is 2.47. The van der Waals surface area contributed by atoms with Gasteiger partial charge in [-0.2, -0.15) is 0 Å². The van der Waals surface area contributed by atoms with Gasteiger partial charge < -0.3 is 15.2 Å². The number of benzene rings is 3. The summed E-state index contributed by atoms with van der Waals surface area (Å²) in [7, 11) is 0. The van der Waals surface area contributed by atoms with Crippen LogP contribution in [0.3, 0.4) is 0 Å². The van der Waals surface area contributed by atoms with Gasteiger partial charge in [-0.1, -0.05) is 52.3 Å². The van der Waals surface area contributed by atoms with Crippen molar-refractivity contribution in [2.75, 3.05) is 0 Å². The topological polar surface area (TPSA) is 75.6 Å². The number of halogens is 1. The van der Waals surface area contributed by atoms with Crippen molar-refractivity contribution < 1.29 is 19.4 Å². The third kappa shape index (κ3) is 4.20. The molecule has 6 rings (SSSR count). The summed E-state index contributed by atoms with van der Waals surface area (Å²) in [6.45, 7) is 2.02. The molecule has 0 aromatic heterocycles. The molecule has 2 bridgehead atoms. The van der Waals surface area contributed by atoms with Crippen molar-refractivity contribution in [1.82, 2.24) is 5.32 Å². The predicted molar refractivity (Wildman–Crippen MR) is 136 cm³/mol. The minimum Gasteiger partial charge on any atom is -0.450 e. The van der Waals surface area contributed by atoms with Gasteiger partial charge in [0, 0.05) is 10.0 Å². The van der Waals surface area contributed by atoms with Crippen molar-refractivity contribution in [3.05, 3.63) is 70.2 Å². The molecule has 0 aliphatic heterocycles. The monoisotopic (exact) mass is 521 g/mol. The SMILES string of the molecule is Cc1c(-c2ccccc2)cc2ccc(Br)cc2c1C(=O)NC12CCCC(OC(=O)O)(CC1)CC2. The molecule has 3 fully saturated rings. The Bertz CT molecular complexity index is 1260.